The van der Waals surface area contributed by atoms with Gasteiger partial charge < -0.3 is 14.2 Å². The van der Waals surface area contributed by atoms with Crippen molar-refractivity contribution in [3.05, 3.63) is 81.1 Å². The fourth-order valence-corrected chi connectivity index (χ4v) is 3.95. The van der Waals surface area contributed by atoms with Crippen molar-refractivity contribution in [2.75, 3.05) is 6.61 Å². The molecule has 188 valence electrons. The van der Waals surface area contributed by atoms with Gasteiger partial charge in [0.1, 0.15) is 18.0 Å². The summed E-state index contributed by atoms with van der Waals surface area (Å²) in [6.07, 6.45) is 1.23. The number of H-pyrrole nitrogens is 1. The Hall–Kier alpha value is -4.06. The van der Waals surface area contributed by atoms with E-state index in [9.17, 15) is 22.8 Å². The number of aromatic amines is 1. The van der Waals surface area contributed by atoms with E-state index in [1.165, 1.54) is 23.7 Å². The van der Waals surface area contributed by atoms with E-state index < -0.39 is 23.4 Å². The highest BCUT2D eigenvalue weighted by molar-refractivity contribution is 5.66. The van der Waals surface area contributed by atoms with Crippen LogP contribution in [0.1, 0.15) is 6.42 Å². The molecule has 1 aromatic carbocycles. The van der Waals surface area contributed by atoms with Gasteiger partial charge in [-0.25, -0.2) is 4.79 Å². The Balaban J connectivity index is 1.62. The quantitative estimate of drug-likeness (QED) is 0.395. The van der Waals surface area contributed by atoms with Gasteiger partial charge in [-0.2, -0.15) is 9.55 Å². The number of imidazole rings is 1. The molecule has 0 bridgehead atoms. The van der Waals surface area contributed by atoms with Crippen LogP contribution in [-0.2, 0) is 24.9 Å². The molecule has 0 spiro atoms. The van der Waals surface area contributed by atoms with Crippen molar-refractivity contribution in [3.8, 4) is 17.5 Å². The minimum atomic E-state index is -4.86. The predicted molar refractivity (Wildman–Crippen MR) is 122 cm³/mol. The fourth-order valence-electron chi connectivity index (χ4n) is 3.95. The molecule has 5 rings (SSSR count). The number of aromatic nitrogens is 4. The van der Waals surface area contributed by atoms with E-state index in [0.29, 0.717) is 13.0 Å². The maximum absolute atomic E-state index is 13.5. The van der Waals surface area contributed by atoms with Crippen LogP contribution in [0.4, 0.5) is 13.2 Å². The molecule has 2 aromatic heterocycles. The number of nitrogens with zero attached hydrogens (tertiary/aromatic N) is 3. The SMILES string of the molecule is C=C1C=CC(C[n+]2c(Oc3cccc(OC(F)(F)F)c3)[nH]c3c2c(=O)n(CC2CO2)c(=O)n3C)=CC1. The molecule has 1 aliphatic carbocycles. The molecule has 12 heteroatoms. The number of nitrogens with one attached hydrogen (secondary N) is 1. The van der Waals surface area contributed by atoms with E-state index in [0.717, 1.165) is 27.8 Å². The predicted octanol–water partition coefficient (Wildman–Crippen LogP) is 2.85. The zero-order chi connectivity index (χ0) is 25.6. The summed E-state index contributed by atoms with van der Waals surface area (Å²) in [5.41, 5.74) is 1.10. The summed E-state index contributed by atoms with van der Waals surface area (Å²) in [4.78, 5) is 29.3. The topological polar surface area (TPSA) is 94.7 Å². The average molecular weight is 503 g/mol. The Morgan fingerprint density at radius 2 is 2.00 bits per heavy atom. The molecular weight excluding hydrogens is 481 g/mol. The molecule has 36 heavy (non-hydrogen) atoms. The van der Waals surface area contributed by atoms with Crippen molar-refractivity contribution in [2.24, 2.45) is 7.05 Å². The van der Waals surface area contributed by atoms with Crippen molar-refractivity contribution in [2.45, 2.75) is 32.0 Å². The van der Waals surface area contributed by atoms with Crippen molar-refractivity contribution in [3.63, 3.8) is 0 Å². The summed E-state index contributed by atoms with van der Waals surface area (Å²) in [6.45, 7) is 4.70. The molecular formula is C24H22F3N4O5+. The van der Waals surface area contributed by atoms with Crippen LogP contribution < -0.4 is 25.3 Å². The molecule has 9 nitrogen and oxygen atoms in total. The zero-order valence-electron chi connectivity index (χ0n) is 19.2. The van der Waals surface area contributed by atoms with Crippen LogP contribution >= 0.6 is 0 Å². The molecule has 0 radical (unpaired) electrons. The second-order valence-corrected chi connectivity index (χ2v) is 8.53. The first-order chi connectivity index (χ1) is 17.1. The molecule has 3 heterocycles. The molecule has 1 saturated heterocycles. The third kappa shape index (κ3) is 4.85. The first kappa shape index (κ1) is 23.7. The second-order valence-electron chi connectivity index (χ2n) is 8.53. The summed E-state index contributed by atoms with van der Waals surface area (Å²) in [6, 6.07) is 5.08. The Morgan fingerprint density at radius 3 is 2.67 bits per heavy atom. The minimum absolute atomic E-state index is 0.0373. The summed E-state index contributed by atoms with van der Waals surface area (Å²) in [5, 5.41) is 0. The van der Waals surface area contributed by atoms with E-state index in [1.807, 2.05) is 18.2 Å². The number of hydrogen-bond donors (Lipinski definition) is 1. The van der Waals surface area contributed by atoms with E-state index >= 15 is 0 Å². The van der Waals surface area contributed by atoms with Gasteiger partial charge in [-0.3, -0.25) is 13.9 Å². The van der Waals surface area contributed by atoms with E-state index in [-0.39, 0.29) is 42.1 Å². The Kier molecular flexibility index (Phi) is 5.83. The van der Waals surface area contributed by atoms with Gasteiger partial charge in [0.2, 0.25) is 0 Å². The van der Waals surface area contributed by atoms with Crippen LogP contribution in [0.25, 0.3) is 11.2 Å². The van der Waals surface area contributed by atoms with Gasteiger partial charge in [-0.15, -0.1) is 13.2 Å². The normalized spacial score (nSPS) is 17.4. The summed E-state index contributed by atoms with van der Waals surface area (Å²) >= 11 is 0. The van der Waals surface area contributed by atoms with Crippen LogP contribution in [0.2, 0.25) is 0 Å². The molecule has 1 N–H and O–H groups in total. The third-order valence-electron chi connectivity index (χ3n) is 5.81. The highest BCUT2D eigenvalue weighted by Crippen LogP contribution is 2.28. The largest absolute Gasteiger partial charge is 0.573 e. The monoisotopic (exact) mass is 503 g/mol. The van der Waals surface area contributed by atoms with Gasteiger partial charge in [0.15, 0.2) is 0 Å². The lowest BCUT2D eigenvalue weighted by Crippen LogP contribution is -2.46. The van der Waals surface area contributed by atoms with E-state index in [1.54, 1.807) is 4.57 Å². The summed E-state index contributed by atoms with van der Waals surface area (Å²) in [5.74, 6) is -0.423. The zero-order valence-corrected chi connectivity index (χ0v) is 19.2. The molecule has 1 fully saturated rings. The van der Waals surface area contributed by atoms with Crippen molar-refractivity contribution in [1.29, 1.82) is 0 Å². The molecule has 2 aliphatic rings. The van der Waals surface area contributed by atoms with Gasteiger partial charge >= 0.3 is 23.6 Å². The van der Waals surface area contributed by atoms with Crippen LogP contribution in [-0.4, -0.2) is 33.2 Å². The number of alkyl halides is 3. The number of rotatable bonds is 7. The van der Waals surface area contributed by atoms with Crippen LogP contribution in [0.3, 0.4) is 0 Å². The molecule has 0 saturated carbocycles. The van der Waals surface area contributed by atoms with Crippen LogP contribution in [0, 0.1) is 0 Å². The highest BCUT2D eigenvalue weighted by Gasteiger charge is 2.33. The lowest BCUT2D eigenvalue weighted by molar-refractivity contribution is -0.667. The van der Waals surface area contributed by atoms with Gasteiger partial charge in [0.05, 0.1) is 19.3 Å². The van der Waals surface area contributed by atoms with Gasteiger partial charge in [-0.05, 0) is 24.1 Å². The standard InChI is InChI=1S/C24H21F3N4O5/c1-14-6-8-15(9-7-14)11-30-19-20(29(2)23(33)31(21(19)32)12-18-13-34-18)28-22(30)35-16-4-3-5-17(10-16)36-24(25,26)27/h3-6,8-10,18H,1,7,11-13H2,2H3/p+1. The Bertz CT molecular complexity index is 1540. The Labute approximate surface area is 201 Å². The maximum Gasteiger partial charge on any atom is 0.573 e. The molecule has 1 atom stereocenters. The van der Waals surface area contributed by atoms with Crippen LogP contribution in [0.15, 0.2) is 69.8 Å². The van der Waals surface area contributed by atoms with Crippen LogP contribution in [0.5, 0.6) is 17.5 Å². The fraction of sp³-hybridized carbons (Fsp3) is 0.292. The number of allylic oxidation sites excluding steroid dienone is 5. The lowest BCUT2D eigenvalue weighted by Gasteiger charge is -2.10. The summed E-state index contributed by atoms with van der Waals surface area (Å²) < 4.78 is 57.1. The van der Waals surface area contributed by atoms with Crippen molar-refractivity contribution < 1.29 is 31.9 Å². The smallest absolute Gasteiger partial charge is 0.406 e. The molecule has 1 aliphatic heterocycles. The van der Waals surface area contributed by atoms with Crippen molar-refractivity contribution in [1.82, 2.24) is 14.1 Å². The highest BCUT2D eigenvalue weighted by atomic mass is 19.4. The number of halogens is 3. The van der Waals surface area contributed by atoms with Gasteiger partial charge in [0, 0.05) is 13.1 Å². The number of epoxide rings is 1. The second kappa shape index (κ2) is 8.86. The maximum atomic E-state index is 13.5. The molecule has 1 unspecified atom stereocenters. The number of hydrogen-bond acceptors (Lipinski definition) is 5. The van der Waals surface area contributed by atoms with Gasteiger partial charge in [0.25, 0.3) is 11.2 Å². The lowest BCUT2D eigenvalue weighted by atomic mass is 10.0. The minimum Gasteiger partial charge on any atom is -0.406 e. The first-order valence-corrected chi connectivity index (χ1v) is 11.0. The molecule has 0 amide bonds. The number of fused-ring (bicyclic) bond motifs is 1. The third-order valence-corrected chi connectivity index (χ3v) is 5.81. The average Bonchev–Trinajstić information content (AvgIpc) is 3.57. The number of aryl methyl sites for hydroxylation is 1. The van der Waals surface area contributed by atoms with E-state index in [2.05, 4.69) is 16.3 Å². The van der Waals surface area contributed by atoms with E-state index in [4.69, 9.17) is 9.47 Å². The summed E-state index contributed by atoms with van der Waals surface area (Å²) in [7, 11) is 1.51. The number of ether oxygens (including phenoxy) is 3. The van der Waals surface area contributed by atoms with Gasteiger partial charge in [-0.1, -0.05) is 36.4 Å². The first-order valence-electron chi connectivity index (χ1n) is 11.0. The Morgan fingerprint density at radius 1 is 1.25 bits per heavy atom. The van der Waals surface area contributed by atoms with Crippen molar-refractivity contribution >= 4 is 11.2 Å². The molecule has 3 aromatic rings. The number of benzene rings is 1.